The van der Waals surface area contributed by atoms with E-state index >= 15 is 0 Å². The van der Waals surface area contributed by atoms with Crippen LogP contribution in [0.25, 0.3) is 0 Å². The van der Waals surface area contributed by atoms with Crippen molar-refractivity contribution in [2.75, 3.05) is 23.8 Å². The highest BCUT2D eigenvalue weighted by molar-refractivity contribution is 5.59. The fraction of sp³-hybridized carbons (Fsp3) is 0.438. The number of benzene rings is 1. The molecule has 2 heterocycles. The first-order valence-electron chi connectivity index (χ1n) is 7.35. The number of aryl methyl sites for hydroxylation is 2. The molecule has 0 amide bonds. The van der Waals surface area contributed by atoms with Gasteiger partial charge < -0.3 is 28.1 Å². The van der Waals surface area contributed by atoms with Crippen molar-refractivity contribution < 1.29 is 22.1 Å². The fourth-order valence-electron chi connectivity index (χ4n) is 3.12. The number of imidazole rings is 1. The fourth-order valence-corrected chi connectivity index (χ4v) is 3.12. The van der Waals surface area contributed by atoms with Gasteiger partial charge in [0.1, 0.15) is 18.4 Å². The van der Waals surface area contributed by atoms with Crippen LogP contribution in [-0.4, -0.2) is 28.9 Å². The summed E-state index contributed by atoms with van der Waals surface area (Å²) in [4.78, 5) is 2.29. The maximum Gasteiger partial charge on any atom is 0.243 e. The SMILES string of the molecule is Cc1cc(N2CC(n3cc[n+](C)c3)CC2CO)ccc1N.[Cl-]. The van der Waals surface area contributed by atoms with E-state index in [-0.39, 0.29) is 25.1 Å². The lowest BCUT2D eigenvalue weighted by atomic mass is 10.1. The molecular formula is C16H23ClN4O. The molecule has 1 fully saturated rings. The summed E-state index contributed by atoms with van der Waals surface area (Å²) in [6.07, 6.45) is 7.19. The molecule has 0 saturated carbocycles. The summed E-state index contributed by atoms with van der Waals surface area (Å²) < 4.78 is 4.27. The molecule has 0 radical (unpaired) electrons. The Morgan fingerprint density at radius 2 is 2.18 bits per heavy atom. The molecule has 5 nitrogen and oxygen atoms in total. The molecule has 3 N–H and O–H groups in total. The molecule has 1 saturated heterocycles. The van der Waals surface area contributed by atoms with E-state index in [1.165, 1.54) is 0 Å². The van der Waals surface area contributed by atoms with Gasteiger partial charge in [0.05, 0.1) is 26.2 Å². The minimum absolute atomic E-state index is 0. The summed E-state index contributed by atoms with van der Waals surface area (Å²) in [7, 11) is 2.02. The van der Waals surface area contributed by atoms with Crippen LogP contribution in [0, 0.1) is 6.92 Å². The maximum atomic E-state index is 9.71. The second-order valence-electron chi connectivity index (χ2n) is 5.95. The standard InChI is InChI=1S/C16H23N4O.ClH/c1-12-7-13(3-4-16(12)17)20-9-14(8-15(20)10-21)19-6-5-18(2)11-19;/h3-7,11,14-15,21H,8-10,17H2,1-2H3;1H/q+1;/p-1. The number of halogens is 1. The predicted octanol–water partition coefficient (Wildman–Crippen LogP) is -1.98. The number of nitrogens with zero attached hydrogens (tertiary/aromatic N) is 3. The number of hydrogen-bond donors (Lipinski definition) is 2. The number of nitrogen functional groups attached to an aromatic ring is 1. The van der Waals surface area contributed by atoms with E-state index in [1.807, 2.05) is 36.9 Å². The zero-order valence-electron chi connectivity index (χ0n) is 13.0. The number of aliphatic hydroxyl groups excluding tert-OH is 1. The Morgan fingerprint density at radius 1 is 1.41 bits per heavy atom. The molecule has 2 aromatic rings. The van der Waals surface area contributed by atoms with E-state index < -0.39 is 0 Å². The zero-order valence-corrected chi connectivity index (χ0v) is 13.7. The maximum absolute atomic E-state index is 9.71. The Labute approximate surface area is 137 Å². The van der Waals surface area contributed by atoms with Gasteiger partial charge in [-0.05, 0) is 30.7 Å². The van der Waals surface area contributed by atoms with E-state index in [0.717, 1.165) is 29.9 Å². The van der Waals surface area contributed by atoms with Crippen molar-refractivity contribution in [2.45, 2.75) is 25.4 Å². The molecule has 3 rings (SSSR count). The lowest BCUT2D eigenvalue weighted by molar-refractivity contribution is -0.671. The molecule has 1 aromatic carbocycles. The van der Waals surface area contributed by atoms with Crippen LogP contribution in [0.3, 0.4) is 0 Å². The normalized spacial score (nSPS) is 21.0. The lowest BCUT2D eigenvalue weighted by Gasteiger charge is -2.25. The van der Waals surface area contributed by atoms with E-state index in [0.29, 0.717) is 6.04 Å². The van der Waals surface area contributed by atoms with Crippen LogP contribution in [0.2, 0.25) is 0 Å². The number of aromatic nitrogens is 2. The first-order chi connectivity index (χ1) is 10.1. The third-order valence-electron chi connectivity index (χ3n) is 4.40. The van der Waals surface area contributed by atoms with Crippen molar-refractivity contribution in [1.82, 2.24) is 4.57 Å². The summed E-state index contributed by atoms with van der Waals surface area (Å²) in [5.74, 6) is 0. The summed E-state index contributed by atoms with van der Waals surface area (Å²) in [6.45, 7) is 3.10. The molecule has 1 aliphatic heterocycles. The third kappa shape index (κ3) is 3.05. The molecule has 6 heteroatoms. The van der Waals surface area contributed by atoms with Crippen molar-refractivity contribution in [3.8, 4) is 0 Å². The summed E-state index contributed by atoms with van der Waals surface area (Å²) in [5, 5.41) is 9.71. The largest absolute Gasteiger partial charge is 1.00 e. The average molecular weight is 323 g/mol. The Bertz CT molecular complexity index is 643. The van der Waals surface area contributed by atoms with Crippen LogP contribution >= 0.6 is 0 Å². The number of nitrogens with two attached hydrogens (primary N) is 1. The van der Waals surface area contributed by atoms with Gasteiger partial charge >= 0.3 is 0 Å². The van der Waals surface area contributed by atoms with Crippen LogP contribution in [0.1, 0.15) is 18.0 Å². The highest BCUT2D eigenvalue weighted by Crippen LogP contribution is 2.32. The monoisotopic (exact) mass is 322 g/mol. The summed E-state index contributed by atoms with van der Waals surface area (Å²) in [5.41, 5.74) is 8.94. The Kier molecular flexibility index (Phi) is 4.98. The Morgan fingerprint density at radius 3 is 2.77 bits per heavy atom. The minimum atomic E-state index is 0. The van der Waals surface area contributed by atoms with Gasteiger partial charge in [-0.15, -0.1) is 0 Å². The van der Waals surface area contributed by atoms with Crippen LogP contribution in [0.15, 0.2) is 36.9 Å². The van der Waals surface area contributed by atoms with Gasteiger partial charge in [0, 0.05) is 17.8 Å². The van der Waals surface area contributed by atoms with Gasteiger partial charge in [-0.1, -0.05) is 0 Å². The number of rotatable bonds is 3. The second-order valence-corrected chi connectivity index (χ2v) is 5.95. The average Bonchev–Trinajstić information content (AvgIpc) is 3.07. The molecule has 0 aliphatic carbocycles. The van der Waals surface area contributed by atoms with Gasteiger partial charge in [-0.25, -0.2) is 9.13 Å². The predicted molar refractivity (Wildman–Crippen MR) is 83.1 cm³/mol. The molecule has 0 spiro atoms. The molecule has 1 aliphatic rings. The van der Waals surface area contributed by atoms with Gasteiger partial charge in [-0.3, -0.25) is 0 Å². The number of hydrogen-bond acceptors (Lipinski definition) is 3. The van der Waals surface area contributed by atoms with E-state index in [1.54, 1.807) is 0 Å². The van der Waals surface area contributed by atoms with Crippen LogP contribution in [-0.2, 0) is 7.05 Å². The molecular weight excluding hydrogens is 300 g/mol. The van der Waals surface area contributed by atoms with E-state index in [4.69, 9.17) is 5.73 Å². The molecule has 2 atom stereocenters. The van der Waals surface area contributed by atoms with E-state index in [2.05, 4.69) is 28.1 Å². The van der Waals surface area contributed by atoms with Gasteiger partial charge in [0.15, 0.2) is 0 Å². The zero-order chi connectivity index (χ0) is 15.0. The van der Waals surface area contributed by atoms with Gasteiger partial charge in [-0.2, -0.15) is 0 Å². The van der Waals surface area contributed by atoms with Crippen LogP contribution in [0.4, 0.5) is 11.4 Å². The Hall–Kier alpha value is -1.72. The van der Waals surface area contributed by atoms with Gasteiger partial charge in [0.25, 0.3) is 0 Å². The smallest absolute Gasteiger partial charge is 0.243 e. The molecule has 1 aromatic heterocycles. The topological polar surface area (TPSA) is 58.3 Å². The van der Waals surface area contributed by atoms with E-state index in [9.17, 15) is 5.11 Å². The molecule has 22 heavy (non-hydrogen) atoms. The highest BCUT2D eigenvalue weighted by atomic mass is 35.5. The van der Waals surface area contributed by atoms with Crippen molar-refractivity contribution in [2.24, 2.45) is 7.05 Å². The third-order valence-corrected chi connectivity index (χ3v) is 4.40. The first-order valence-corrected chi connectivity index (χ1v) is 7.35. The van der Waals surface area contributed by atoms with Crippen molar-refractivity contribution in [3.63, 3.8) is 0 Å². The number of anilines is 2. The second kappa shape index (κ2) is 6.58. The van der Waals surface area contributed by atoms with Crippen LogP contribution < -0.4 is 27.6 Å². The van der Waals surface area contributed by atoms with Crippen LogP contribution in [0.5, 0.6) is 0 Å². The van der Waals surface area contributed by atoms with Crippen molar-refractivity contribution in [1.29, 1.82) is 0 Å². The molecule has 0 bridgehead atoms. The Balaban J connectivity index is 0.00000176. The quantitative estimate of drug-likeness (QED) is 0.509. The van der Waals surface area contributed by atoms with Crippen molar-refractivity contribution >= 4 is 11.4 Å². The lowest BCUT2D eigenvalue weighted by Crippen LogP contribution is -3.00. The van der Waals surface area contributed by atoms with Gasteiger partial charge in [0.2, 0.25) is 6.33 Å². The summed E-state index contributed by atoms with van der Waals surface area (Å²) in [6, 6.07) is 6.65. The highest BCUT2D eigenvalue weighted by Gasteiger charge is 2.35. The molecule has 120 valence electrons. The number of aliphatic hydroxyl groups is 1. The minimum Gasteiger partial charge on any atom is -1.00 e. The van der Waals surface area contributed by atoms with Crippen molar-refractivity contribution in [3.05, 3.63) is 42.5 Å². The first kappa shape index (κ1) is 16.6. The summed E-state index contributed by atoms with van der Waals surface area (Å²) >= 11 is 0. The molecule has 2 unspecified atom stereocenters.